The highest BCUT2D eigenvalue weighted by atomic mass is 16.2. The normalized spacial score (nSPS) is 24.0. The van der Waals surface area contributed by atoms with Gasteiger partial charge >= 0.3 is 0 Å². The lowest BCUT2D eigenvalue weighted by atomic mass is 9.81. The molecular formula is C20H28N2O2. The summed E-state index contributed by atoms with van der Waals surface area (Å²) in [5.74, 6) is 0.599. The Balaban J connectivity index is 1.48. The standard InChI is InChI=1S/C20H28N2O2/c1-2-15-5-11-18(12-6-15)21-19(23)16-7-9-17(10-8-16)20(24)22-13-3-4-14-22/h5-6,11-12,16-17H,2-4,7-10,13-14H2,1H3,(H,21,23). The molecule has 24 heavy (non-hydrogen) atoms. The molecule has 1 aromatic carbocycles. The number of hydrogen-bond donors (Lipinski definition) is 1. The number of nitrogens with zero attached hydrogens (tertiary/aromatic N) is 1. The molecule has 2 amide bonds. The van der Waals surface area contributed by atoms with Gasteiger partial charge in [0.2, 0.25) is 11.8 Å². The van der Waals surface area contributed by atoms with E-state index in [1.165, 1.54) is 5.56 Å². The summed E-state index contributed by atoms with van der Waals surface area (Å²) in [5.41, 5.74) is 2.14. The summed E-state index contributed by atoms with van der Waals surface area (Å²) in [5, 5.41) is 3.03. The third kappa shape index (κ3) is 3.97. The maximum Gasteiger partial charge on any atom is 0.227 e. The summed E-state index contributed by atoms with van der Waals surface area (Å²) in [6.07, 6.45) is 6.63. The second-order valence-electron chi connectivity index (χ2n) is 7.12. The third-order valence-corrected chi connectivity index (χ3v) is 5.49. The van der Waals surface area contributed by atoms with E-state index in [1.54, 1.807) is 0 Å². The average molecular weight is 328 g/mol. The molecule has 1 aliphatic heterocycles. The highest BCUT2D eigenvalue weighted by Crippen LogP contribution is 2.31. The molecule has 2 aliphatic rings. The first-order valence-electron chi connectivity index (χ1n) is 9.36. The second kappa shape index (κ2) is 7.82. The predicted molar refractivity (Wildman–Crippen MR) is 95.7 cm³/mol. The van der Waals surface area contributed by atoms with Crippen molar-refractivity contribution in [3.05, 3.63) is 29.8 Å². The number of rotatable bonds is 4. The van der Waals surface area contributed by atoms with Crippen LogP contribution in [0.1, 0.15) is 51.0 Å². The molecule has 1 N–H and O–H groups in total. The summed E-state index contributed by atoms with van der Waals surface area (Å²) in [6, 6.07) is 8.06. The van der Waals surface area contributed by atoms with E-state index in [0.717, 1.165) is 63.7 Å². The second-order valence-corrected chi connectivity index (χ2v) is 7.12. The van der Waals surface area contributed by atoms with Crippen molar-refractivity contribution >= 4 is 17.5 Å². The Morgan fingerprint density at radius 3 is 2.17 bits per heavy atom. The van der Waals surface area contributed by atoms with Crippen molar-refractivity contribution in [3.8, 4) is 0 Å². The van der Waals surface area contributed by atoms with Gasteiger partial charge in [0.25, 0.3) is 0 Å². The van der Waals surface area contributed by atoms with Crippen LogP contribution in [-0.4, -0.2) is 29.8 Å². The molecule has 0 unspecified atom stereocenters. The molecule has 2 fully saturated rings. The number of carbonyl (C=O) groups excluding carboxylic acids is 2. The molecule has 0 atom stereocenters. The fourth-order valence-electron chi connectivity index (χ4n) is 3.87. The van der Waals surface area contributed by atoms with Gasteiger partial charge in [0, 0.05) is 30.6 Å². The highest BCUT2D eigenvalue weighted by Gasteiger charge is 2.32. The SMILES string of the molecule is CCc1ccc(NC(=O)C2CCC(C(=O)N3CCCC3)CC2)cc1. The van der Waals surface area contributed by atoms with E-state index in [2.05, 4.69) is 24.4 Å². The lowest BCUT2D eigenvalue weighted by Gasteiger charge is -2.29. The van der Waals surface area contributed by atoms with Crippen molar-refractivity contribution in [1.29, 1.82) is 0 Å². The van der Waals surface area contributed by atoms with Crippen LogP contribution < -0.4 is 5.32 Å². The number of nitrogens with one attached hydrogen (secondary N) is 1. The largest absolute Gasteiger partial charge is 0.342 e. The first-order chi connectivity index (χ1) is 11.7. The van der Waals surface area contributed by atoms with Crippen LogP contribution in [0.25, 0.3) is 0 Å². The number of carbonyl (C=O) groups is 2. The van der Waals surface area contributed by atoms with Crippen molar-refractivity contribution in [2.24, 2.45) is 11.8 Å². The minimum Gasteiger partial charge on any atom is -0.342 e. The molecule has 4 heteroatoms. The first-order valence-corrected chi connectivity index (χ1v) is 9.36. The molecule has 1 saturated carbocycles. The van der Waals surface area contributed by atoms with Crippen LogP contribution in [0, 0.1) is 11.8 Å². The zero-order chi connectivity index (χ0) is 16.9. The summed E-state index contributed by atoms with van der Waals surface area (Å²) >= 11 is 0. The fraction of sp³-hybridized carbons (Fsp3) is 0.600. The van der Waals surface area contributed by atoms with Gasteiger partial charge in [0.05, 0.1) is 0 Å². The smallest absolute Gasteiger partial charge is 0.227 e. The van der Waals surface area contributed by atoms with Crippen LogP contribution in [0.2, 0.25) is 0 Å². The van der Waals surface area contributed by atoms with Gasteiger partial charge in [0.15, 0.2) is 0 Å². The number of benzene rings is 1. The zero-order valence-corrected chi connectivity index (χ0v) is 14.6. The Hall–Kier alpha value is -1.84. The van der Waals surface area contributed by atoms with Crippen molar-refractivity contribution in [2.45, 2.75) is 51.9 Å². The Kier molecular flexibility index (Phi) is 5.54. The topological polar surface area (TPSA) is 49.4 Å². The maximum absolute atomic E-state index is 12.5. The van der Waals surface area contributed by atoms with Crippen LogP contribution in [0.15, 0.2) is 24.3 Å². The molecule has 1 saturated heterocycles. The van der Waals surface area contributed by atoms with E-state index in [4.69, 9.17) is 0 Å². The van der Waals surface area contributed by atoms with Crippen molar-refractivity contribution in [3.63, 3.8) is 0 Å². The summed E-state index contributed by atoms with van der Waals surface area (Å²) < 4.78 is 0. The number of likely N-dealkylation sites (tertiary alicyclic amines) is 1. The van der Waals surface area contributed by atoms with Gasteiger partial charge in [-0.2, -0.15) is 0 Å². The third-order valence-electron chi connectivity index (χ3n) is 5.49. The van der Waals surface area contributed by atoms with E-state index in [0.29, 0.717) is 5.91 Å². The predicted octanol–water partition coefficient (Wildman–Crippen LogP) is 3.62. The van der Waals surface area contributed by atoms with Crippen molar-refractivity contribution in [1.82, 2.24) is 4.90 Å². The van der Waals surface area contributed by atoms with E-state index < -0.39 is 0 Å². The van der Waals surface area contributed by atoms with Gasteiger partial charge in [-0.05, 0) is 62.6 Å². The Morgan fingerprint density at radius 2 is 1.58 bits per heavy atom. The summed E-state index contributed by atoms with van der Waals surface area (Å²) in [6.45, 7) is 3.97. The van der Waals surface area contributed by atoms with Crippen LogP contribution in [-0.2, 0) is 16.0 Å². The van der Waals surface area contributed by atoms with Gasteiger partial charge in [0.1, 0.15) is 0 Å². The molecule has 1 aromatic rings. The molecule has 0 radical (unpaired) electrons. The number of hydrogen-bond acceptors (Lipinski definition) is 2. The molecular weight excluding hydrogens is 300 g/mol. The van der Waals surface area contributed by atoms with Crippen molar-refractivity contribution < 1.29 is 9.59 Å². The molecule has 0 aromatic heterocycles. The molecule has 3 rings (SSSR count). The molecule has 1 heterocycles. The highest BCUT2D eigenvalue weighted by molar-refractivity contribution is 5.92. The molecule has 0 spiro atoms. The molecule has 1 aliphatic carbocycles. The number of amides is 2. The van der Waals surface area contributed by atoms with E-state index in [9.17, 15) is 9.59 Å². The Bertz CT molecular complexity index is 568. The number of anilines is 1. The van der Waals surface area contributed by atoms with Crippen LogP contribution in [0.3, 0.4) is 0 Å². The molecule has 130 valence electrons. The Labute approximate surface area is 144 Å². The van der Waals surface area contributed by atoms with Crippen molar-refractivity contribution in [2.75, 3.05) is 18.4 Å². The average Bonchev–Trinajstić information content (AvgIpc) is 3.16. The van der Waals surface area contributed by atoms with Crippen LogP contribution in [0.5, 0.6) is 0 Å². The quantitative estimate of drug-likeness (QED) is 0.918. The van der Waals surface area contributed by atoms with E-state index >= 15 is 0 Å². The minimum absolute atomic E-state index is 0.0403. The fourth-order valence-corrected chi connectivity index (χ4v) is 3.87. The van der Waals surface area contributed by atoms with Crippen LogP contribution in [0.4, 0.5) is 5.69 Å². The number of aryl methyl sites for hydroxylation is 1. The van der Waals surface area contributed by atoms with Gasteiger partial charge in [-0.1, -0.05) is 19.1 Å². The summed E-state index contributed by atoms with van der Waals surface area (Å²) in [4.78, 5) is 26.9. The van der Waals surface area contributed by atoms with E-state index in [1.807, 2.05) is 17.0 Å². The van der Waals surface area contributed by atoms with Gasteiger partial charge in [-0.25, -0.2) is 0 Å². The lowest BCUT2D eigenvalue weighted by Crippen LogP contribution is -2.37. The van der Waals surface area contributed by atoms with Crippen LogP contribution >= 0.6 is 0 Å². The monoisotopic (exact) mass is 328 g/mol. The minimum atomic E-state index is 0.0403. The first kappa shape index (κ1) is 17.0. The van der Waals surface area contributed by atoms with Gasteiger partial charge < -0.3 is 10.2 Å². The summed E-state index contributed by atoms with van der Waals surface area (Å²) in [7, 11) is 0. The molecule has 0 bridgehead atoms. The zero-order valence-electron chi connectivity index (χ0n) is 14.6. The lowest BCUT2D eigenvalue weighted by molar-refractivity contribution is -0.136. The Morgan fingerprint density at radius 1 is 1.00 bits per heavy atom. The van der Waals surface area contributed by atoms with Gasteiger partial charge in [-0.3, -0.25) is 9.59 Å². The van der Waals surface area contributed by atoms with Gasteiger partial charge in [-0.15, -0.1) is 0 Å². The molecule has 4 nitrogen and oxygen atoms in total. The van der Waals surface area contributed by atoms with E-state index in [-0.39, 0.29) is 17.7 Å². The maximum atomic E-state index is 12.5.